The van der Waals surface area contributed by atoms with Gasteiger partial charge in [-0.05, 0) is 36.4 Å². The molecule has 1 aliphatic rings. The van der Waals surface area contributed by atoms with Crippen molar-refractivity contribution in [2.45, 2.75) is 6.04 Å². The van der Waals surface area contributed by atoms with E-state index in [2.05, 4.69) is 10.3 Å². The number of thioether (sulfide) groups is 1. The first-order valence-electron chi connectivity index (χ1n) is 8.87. The molecule has 1 N–H and O–H groups in total. The lowest BCUT2D eigenvalue weighted by Crippen LogP contribution is -2.36. The average Bonchev–Trinajstić information content (AvgIpc) is 3.30. The highest BCUT2D eigenvalue weighted by atomic mass is 32.2. The van der Waals surface area contributed by atoms with E-state index in [1.807, 2.05) is 36.2 Å². The van der Waals surface area contributed by atoms with Crippen molar-refractivity contribution >= 4 is 54.6 Å². The van der Waals surface area contributed by atoms with Crippen LogP contribution >= 0.6 is 23.1 Å². The number of anilines is 1. The van der Waals surface area contributed by atoms with Crippen LogP contribution in [0.2, 0.25) is 0 Å². The Kier molecular flexibility index (Phi) is 5.50. The second kappa shape index (κ2) is 8.22. The molecule has 1 fully saturated rings. The second-order valence-electron chi connectivity index (χ2n) is 6.41. The molecule has 7 nitrogen and oxygen atoms in total. The third-order valence-electron chi connectivity index (χ3n) is 4.40. The van der Waals surface area contributed by atoms with Crippen LogP contribution in [0.4, 0.5) is 9.93 Å². The maximum atomic E-state index is 12.3. The number of nitrogens with one attached hydrogen (secondary N) is 1. The molecule has 0 radical (unpaired) electrons. The zero-order chi connectivity index (χ0) is 20.4. The van der Waals surface area contributed by atoms with Crippen molar-refractivity contribution in [2.24, 2.45) is 0 Å². The van der Waals surface area contributed by atoms with Crippen LogP contribution < -0.4 is 15.0 Å². The molecule has 2 aromatic carbocycles. The fraction of sp³-hybridized carbons (Fsp3) is 0.200. The summed E-state index contributed by atoms with van der Waals surface area (Å²) < 4.78 is 6.90. The molecule has 2 heterocycles. The zero-order valence-corrected chi connectivity index (χ0v) is 17.1. The number of likely N-dealkylation sites (N-methyl/N-ethyl adjacent to an activating group) is 1. The first kappa shape index (κ1) is 19.4. The largest absolute Gasteiger partial charge is 0.492 e. The van der Waals surface area contributed by atoms with Gasteiger partial charge in [-0.1, -0.05) is 23.5 Å². The van der Waals surface area contributed by atoms with E-state index in [1.165, 1.54) is 0 Å². The number of carbonyl (C=O) groups is 3. The molecule has 0 aliphatic carbocycles. The number of amides is 1. The molecule has 1 aliphatic heterocycles. The molecule has 0 saturated carbocycles. The van der Waals surface area contributed by atoms with Gasteiger partial charge in [-0.3, -0.25) is 14.4 Å². The Bertz CT molecular complexity index is 1050. The molecule has 0 spiro atoms. The first-order chi connectivity index (χ1) is 14.0. The summed E-state index contributed by atoms with van der Waals surface area (Å²) >= 11 is 2.16. The Morgan fingerprint density at radius 1 is 1.17 bits per heavy atom. The van der Waals surface area contributed by atoms with Crippen molar-refractivity contribution < 1.29 is 19.1 Å². The molecule has 1 amide bonds. The lowest BCUT2D eigenvalue weighted by molar-refractivity contribution is -0.111. The molecule has 1 unspecified atom stereocenters. The van der Waals surface area contributed by atoms with Gasteiger partial charge in [0.2, 0.25) is 5.12 Å². The lowest BCUT2D eigenvalue weighted by Gasteiger charge is -2.16. The van der Waals surface area contributed by atoms with Crippen LogP contribution in [0.3, 0.4) is 0 Å². The number of aromatic nitrogens is 1. The number of thiazole rings is 1. The minimum absolute atomic E-state index is 0.352. The van der Waals surface area contributed by atoms with Gasteiger partial charge in [0.15, 0.2) is 17.0 Å². The smallest absolute Gasteiger partial charge is 0.287 e. The fourth-order valence-corrected chi connectivity index (χ4v) is 4.43. The van der Waals surface area contributed by atoms with E-state index in [0.717, 1.165) is 15.3 Å². The number of fused-ring (bicyclic) bond motifs is 1. The van der Waals surface area contributed by atoms with Crippen LogP contribution in [0.5, 0.6) is 5.75 Å². The number of nitrogens with zero attached hydrogens (tertiary/aromatic N) is 2. The molecule has 1 saturated heterocycles. The number of hydrogen-bond donors (Lipinski definition) is 1. The molecule has 29 heavy (non-hydrogen) atoms. The van der Waals surface area contributed by atoms with Crippen molar-refractivity contribution in [3.8, 4) is 5.75 Å². The minimum atomic E-state index is -1.11. The van der Waals surface area contributed by atoms with E-state index in [-0.39, 0.29) is 0 Å². The van der Waals surface area contributed by atoms with E-state index in [1.54, 1.807) is 35.6 Å². The van der Waals surface area contributed by atoms with E-state index in [9.17, 15) is 14.4 Å². The Labute approximate surface area is 175 Å². The molecular formula is C20H17N3O4S2. The van der Waals surface area contributed by atoms with E-state index < -0.39 is 22.2 Å². The van der Waals surface area contributed by atoms with E-state index in [4.69, 9.17) is 4.74 Å². The van der Waals surface area contributed by atoms with Crippen molar-refractivity contribution in [1.82, 2.24) is 10.3 Å². The summed E-state index contributed by atoms with van der Waals surface area (Å²) in [5.41, 5.74) is 1.33. The van der Waals surface area contributed by atoms with Gasteiger partial charge in [0.25, 0.3) is 5.24 Å². The van der Waals surface area contributed by atoms with Gasteiger partial charge in [-0.2, -0.15) is 0 Å². The Morgan fingerprint density at radius 2 is 1.93 bits per heavy atom. The fourth-order valence-electron chi connectivity index (χ4n) is 2.83. The highest BCUT2D eigenvalue weighted by Gasteiger charge is 2.37. The van der Waals surface area contributed by atoms with Crippen LogP contribution in [-0.4, -0.2) is 47.4 Å². The first-order valence-corrected chi connectivity index (χ1v) is 10.5. The van der Waals surface area contributed by atoms with Crippen LogP contribution in [0.25, 0.3) is 10.2 Å². The van der Waals surface area contributed by atoms with E-state index >= 15 is 0 Å². The van der Waals surface area contributed by atoms with Gasteiger partial charge in [0, 0.05) is 24.4 Å². The number of ketones is 1. The third-order valence-corrected chi connectivity index (χ3v) is 6.29. The molecule has 148 valence electrons. The molecule has 0 bridgehead atoms. The summed E-state index contributed by atoms with van der Waals surface area (Å²) in [6.07, 6.45) is 0. The SMILES string of the molecule is CN(CCOc1ccc(C(=O)C2NC(=O)SC2=O)cc1)c1nc2ccccc2s1. The highest BCUT2D eigenvalue weighted by molar-refractivity contribution is 8.26. The Balaban J connectivity index is 1.31. The van der Waals surface area contributed by atoms with Gasteiger partial charge in [0.05, 0.1) is 16.8 Å². The van der Waals surface area contributed by atoms with Crippen LogP contribution in [0, 0.1) is 0 Å². The van der Waals surface area contributed by atoms with Gasteiger partial charge in [-0.25, -0.2) is 4.98 Å². The Morgan fingerprint density at radius 3 is 2.62 bits per heavy atom. The maximum absolute atomic E-state index is 12.3. The number of ether oxygens (including phenoxy) is 1. The summed E-state index contributed by atoms with van der Waals surface area (Å²) in [6.45, 7) is 1.11. The van der Waals surface area contributed by atoms with Crippen LogP contribution in [0.15, 0.2) is 48.5 Å². The predicted molar refractivity (Wildman–Crippen MR) is 114 cm³/mol. The molecule has 3 aromatic rings. The second-order valence-corrected chi connectivity index (χ2v) is 8.40. The minimum Gasteiger partial charge on any atom is -0.492 e. The van der Waals surface area contributed by atoms with Gasteiger partial charge in [0.1, 0.15) is 12.4 Å². The van der Waals surface area contributed by atoms with Crippen molar-refractivity contribution in [2.75, 3.05) is 25.1 Å². The molecular weight excluding hydrogens is 410 g/mol. The van der Waals surface area contributed by atoms with Gasteiger partial charge >= 0.3 is 0 Å². The summed E-state index contributed by atoms with van der Waals surface area (Å²) in [6, 6.07) is 13.4. The maximum Gasteiger partial charge on any atom is 0.287 e. The predicted octanol–water partition coefficient (Wildman–Crippen LogP) is 3.35. The monoisotopic (exact) mass is 427 g/mol. The summed E-state index contributed by atoms with van der Waals surface area (Å²) in [4.78, 5) is 41.9. The highest BCUT2D eigenvalue weighted by Crippen LogP contribution is 2.27. The van der Waals surface area contributed by atoms with Crippen LogP contribution in [-0.2, 0) is 4.79 Å². The number of Topliss-reactive ketones (excluding diaryl/α,β-unsaturated/α-hetero) is 1. The zero-order valence-electron chi connectivity index (χ0n) is 15.5. The molecule has 1 aromatic heterocycles. The standard InChI is InChI=1S/C20H17N3O4S2/c1-23(19-21-14-4-2-3-5-15(14)28-19)10-11-27-13-8-6-12(7-9-13)17(24)16-18(25)29-20(26)22-16/h2-9,16H,10-11H2,1H3,(H,22,26). The normalized spacial score (nSPS) is 16.1. The van der Waals surface area contributed by atoms with Crippen molar-refractivity contribution in [3.63, 3.8) is 0 Å². The number of rotatable bonds is 7. The van der Waals surface area contributed by atoms with Gasteiger partial charge < -0.3 is 15.0 Å². The summed E-state index contributed by atoms with van der Waals surface area (Å²) in [5.74, 6) is 0.200. The van der Waals surface area contributed by atoms with E-state index in [0.29, 0.717) is 36.2 Å². The van der Waals surface area contributed by atoms with Crippen molar-refractivity contribution in [1.29, 1.82) is 0 Å². The van der Waals surface area contributed by atoms with Gasteiger partial charge in [-0.15, -0.1) is 0 Å². The number of carbonyl (C=O) groups excluding carboxylic acids is 3. The Hall–Kier alpha value is -2.91. The number of benzene rings is 2. The van der Waals surface area contributed by atoms with Crippen molar-refractivity contribution in [3.05, 3.63) is 54.1 Å². The summed E-state index contributed by atoms with van der Waals surface area (Å²) in [7, 11) is 1.97. The lowest BCUT2D eigenvalue weighted by atomic mass is 10.1. The third kappa shape index (κ3) is 4.25. The molecule has 4 rings (SSSR count). The number of hydrogen-bond acceptors (Lipinski definition) is 8. The summed E-state index contributed by atoms with van der Waals surface area (Å²) in [5, 5.41) is 2.33. The number of para-hydroxylation sites is 1. The molecule has 1 atom stereocenters. The quantitative estimate of drug-likeness (QED) is 0.457. The van der Waals surface area contributed by atoms with Crippen LogP contribution in [0.1, 0.15) is 10.4 Å². The molecule has 9 heteroatoms. The topological polar surface area (TPSA) is 88.6 Å². The average molecular weight is 428 g/mol.